The fourth-order valence-electron chi connectivity index (χ4n) is 4.71. The average Bonchev–Trinajstić information content (AvgIpc) is 3.25. The van der Waals surface area contributed by atoms with E-state index in [0.29, 0.717) is 35.7 Å². The van der Waals surface area contributed by atoms with E-state index in [1.54, 1.807) is 24.3 Å². The molecule has 0 unspecified atom stereocenters. The number of aliphatic imine (C=N–C) groups is 1. The number of aryl methyl sites for hydroxylation is 1. The second-order valence-electron chi connectivity index (χ2n) is 9.62. The Hall–Kier alpha value is -3.98. The molecule has 4 aromatic rings. The van der Waals surface area contributed by atoms with Gasteiger partial charge in [0.15, 0.2) is 5.88 Å². The highest BCUT2D eigenvalue weighted by Crippen LogP contribution is 2.32. The van der Waals surface area contributed by atoms with Gasteiger partial charge in [-0.2, -0.15) is 0 Å². The highest BCUT2D eigenvalue weighted by Gasteiger charge is 2.19. The van der Waals surface area contributed by atoms with E-state index >= 15 is 0 Å². The Labute approximate surface area is 221 Å². The lowest BCUT2D eigenvalue weighted by Gasteiger charge is -2.29. The van der Waals surface area contributed by atoms with Crippen molar-refractivity contribution in [3.8, 4) is 5.88 Å². The fourth-order valence-corrected chi connectivity index (χ4v) is 4.71. The van der Waals surface area contributed by atoms with Crippen LogP contribution in [0.25, 0.3) is 10.9 Å². The summed E-state index contributed by atoms with van der Waals surface area (Å²) < 4.78 is 0. The molecular formula is C30H32N4O4. The largest absolute Gasteiger partial charge is 0.494 e. The van der Waals surface area contributed by atoms with Crippen LogP contribution in [0.1, 0.15) is 39.9 Å². The molecule has 1 aliphatic heterocycles. The predicted molar refractivity (Wildman–Crippen MR) is 148 cm³/mol. The first-order valence-electron chi connectivity index (χ1n) is 12.9. The molecule has 1 aliphatic rings. The van der Waals surface area contributed by atoms with Crippen molar-refractivity contribution in [1.29, 1.82) is 0 Å². The number of amides is 1. The predicted octanol–water partition coefficient (Wildman–Crippen LogP) is 4.47. The molecule has 8 nitrogen and oxygen atoms in total. The summed E-state index contributed by atoms with van der Waals surface area (Å²) in [7, 11) is 0. The Morgan fingerprint density at radius 2 is 1.79 bits per heavy atom. The molecule has 1 fully saturated rings. The summed E-state index contributed by atoms with van der Waals surface area (Å²) in [5.74, 6) is -0.274. The molecule has 4 N–H and O–H groups in total. The van der Waals surface area contributed by atoms with Gasteiger partial charge in [0.25, 0.3) is 5.91 Å². The number of hydroxylamine groups is 1. The minimum Gasteiger partial charge on any atom is -0.494 e. The van der Waals surface area contributed by atoms with E-state index in [2.05, 4.69) is 15.4 Å². The summed E-state index contributed by atoms with van der Waals surface area (Å²) in [4.78, 5) is 28.1. The summed E-state index contributed by atoms with van der Waals surface area (Å²) in [6.07, 6.45) is 1.33. The molecule has 1 saturated heterocycles. The first-order chi connectivity index (χ1) is 18.5. The monoisotopic (exact) mass is 512 g/mol. The van der Waals surface area contributed by atoms with Gasteiger partial charge in [-0.05, 0) is 55.7 Å². The van der Waals surface area contributed by atoms with Crippen molar-refractivity contribution in [3.05, 3.63) is 95.1 Å². The number of hydrogen-bond acceptors (Lipinski definition) is 6. The lowest BCUT2D eigenvalue weighted by molar-refractivity contribution is 0.0132. The summed E-state index contributed by atoms with van der Waals surface area (Å²) in [6, 6.07) is 22.6. The first-order valence-corrected chi connectivity index (χ1v) is 12.9. The van der Waals surface area contributed by atoms with E-state index in [1.165, 1.54) is 0 Å². The maximum absolute atomic E-state index is 12.5. The number of rotatable bonds is 8. The fraction of sp³-hybridized carbons (Fsp3) is 0.267. The summed E-state index contributed by atoms with van der Waals surface area (Å²) in [5.41, 5.74) is 7.65. The Bertz CT molecular complexity index is 1420. The molecule has 1 amide bonds. The Kier molecular flexibility index (Phi) is 7.83. The number of aromatic amines is 1. The molecule has 0 saturated carbocycles. The number of likely N-dealkylation sites (tertiary alicyclic amines) is 1. The SMILES string of the molecule is Cc1ccc2c(C(=Nc3ccc(C(=O)NOCCN4CCC(O)CC4)cc3)c3ccccc3)c(O)[nH]c2c1. The van der Waals surface area contributed by atoms with Crippen molar-refractivity contribution in [1.82, 2.24) is 15.4 Å². The third-order valence-corrected chi connectivity index (χ3v) is 6.82. The van der Waals surface area contributed by atoms with Crippen LogP contribution in [0.15, 0.2) is 77.8 Å². The molecule has 1 aromatic heterocycles. The van der Waals surface area contributed by atoms with Crippen molar-refractivity contribution in [2.45, 2.75) is 25.9 Å². The number of carbonyl (C=O) groups is 1. The molecule has 2 heterocycles. The van der Waals surface area contributed by atoms with Crippen molar-refractivity contribution < 1.29 is 19.8 Å². The second kappa shape index (κ2) is 11.6. The van der Waals surface area contributed by atoms with Crippen molar-refractivity contribution in [2.75, 3.05) is 26.2 Å². The quantitative estimate of drug-likeness (QED) is 0.158. The number of aliphatic hydroxyl groups is 1. The number of aromatic hydroxyl groups is 1. The molecule has 0 atom stereocenters. The number of H-pyrrole nitrogens is 1. The number of hydrogen-bond donors (Lipinski definition) is 4. The Balaban J connectivity index is 1.31. The Morgan fingerprint density at radius 3 is 2.53 bits per heavy atom. The lowest BCUT2D eigenvalue weighted by atomic mass is 10.00. The summed E-state index contributed by atoms with van der Waals surface area (Å²) >= 11 is 0. The number of fused-ring (bicyclic) bond motifs is 1. The van der Waals surface area contributed by atoms with Gasteiger partial charge < -0.3 is 20.1 Å². The van der Waals surface area contributed by atoms with Gasteiger partial charge in [-0.15, -0.1) is 0 Å². The highest BCUT2D eigenvalue weighted by atomic mass is 16.7. The van der Waals surface area contributed by atoms with E-state index < -0.39 is 0 Å². The number of nitrogens with zero attached hydrogens (tertiary/aromatic N) is 2. The average molecular weight is 513 g/mol. The topological polar surface area (TPSA) is 110 Å². The van der Waals surface area contributed by atoms with Crippen molar-refractivity contribution in [2.24, 2.45) is 4.99 Å². The molecular weight excluding hydrogens is 480 g/mol. The van der Waals surface area contributed by atoms with Crippen LogP contribution in [0.2, 0.25) is 0 Å². The van der Waals surface area contributed by atoms with Crippen LogP contribution >= 0.6 is 0 Å². The molecule has 8 heteroatoms. The van der Waals surface area contributed by atoms with Crippen LogP contribution in [-0.4, -0.2) is 64.1 Å². The number of aliphatic hydroxyl groups excluding tert-OH is 1. The van der Waals surface area contributed by atoms with Crippen LogP contribution in [0, 0.1) is 6.92 Å². The minimum absolute atomic E-state index is 0.0575. The van der Waals surface area contributed by atoms with Gasteiger partial charge in [0.2, 0.25) is 0 Å². The molecule has 0 spiro atoms. The van der Waals surface area contributed by atoms with Crippen LogP contribution in [0.4, 0.5) is 5.69 Å². The zero-order valence-electron chi connectivity index (χ0n) is 21.4. The van der Waals surface area contributed by atoms with Crippen LogP contribution in [0.5, 0.6) is 5.88 Å². The number of nitrogens with one attached hydrogen (secondary N) is 2. The molecule has 0 aliphatic carbocycles. The third kappa shape index (κ3) is 5.94. The van der Waals surface area contributed by atoms with Crippen molar-refractivity contribution >= 4 is 28.2 Å². The van der Waals surface area contributed by atoms with Gasteiger partial charge in [0, 0.05) is 41.7 Å². The lowest BCUT2D eigenvalue weighted by Crippen LogP contribution is -2.38. The number of piperidine rings is 1. The van der Waals surface area contributed by atoms with Crippen LogP contribution < -0.4 is 5.48 Å². The standard InChI is InChI=1S/C30H32N4O4/c1-20-7-12-25-26(19-20)32-30(37)27(25)28(21-5-3-2-4-6-21)31-23-10-8-22(9-11-23)29(36)33-38-18-17-34-15-13-24(35)14-16-34/h2-12,19,24,32,35,37H,13-18H2,1H3,(H,33,36). The van der Waals surface area contributed by atoms with Gasteiger partial charge in [-0.3, -0.25) is 9.63 Å². The molecule has 38 heavy (non-hydrogen) atoms. The highest BCUT2D eigenvalue weighted by molar-refractivity contribution is 6.21. The van der Waals surface area contributed by atoms with E-state index in [9.17, 15) is 15.0 Å². The molecule has 0 radical (unpaired) electrons. The van der Waals surface area contributed by atoms with Crippen LogP contribution in [0.3, 0.4) is 0 Å². The van der Waals surface area contributed by atoms with E-state index in [-0.39, 0.29) is 17.9 Å². The maximum Gasteiger partial charge on any atom is 0.274 e. The zero-order valence-corrected chi connectivity index (χ0v) is 21.4. The van der Waals surface area contributed by atoms with Crippen LogP contribution in [-0.2, 0) is 4.84 Å². The van der Waals surface area contributed by atoms with E-state index in [1.807, 2.05) is 55.5 Å². The van der Waals surface area contributed by atoms with E-state index in [0.717, 1.165) is 48.0 Å². The zero-order chi connectivity index (χ0) is 26.5. The summed E-state index contributed by atoms with van der Waals surface area (Å²) in [5, 5.41) is 21.3. The number of aromatic nitrogens is 1. The molecule has 3 aromatic carbocycles. The summed E-state index contributed by atoms with van der Waals surface area (Å²) in [6.45, 7) is 4.75. The van der Waals surface area contributed by atoms with Gasteiger partial charge in [0.1, 0.15) is 0 Å². The van der Waals surface area contributed by atoms with Gasteiger partial charge in [-0.25, -0.2) is 10.5 Å². The first kappa shape index (κ1) is 25.7. The smallest absolute Gasteiger partial charge is 0.274 e. The van der Waals surface area contributed by atoms with E-state index in [4.69, 9.17) is 9.83 Å². The molecule has 0 bridgehead atoms. The molecule has 5 rings (SSSR count). The number of benzene rings is 3. The Morgan fingerprint density at radius 1 is 1.05 bits per heavy atom. The third-order valence-electron chi connectivity index (χ3n) is 6.82. The van der Waals surface area contributed by atoms with Crippen molar-refractivity contribution in [3.63, 3.8) is 0 Å². The van der Waals surface area contributed by atoms with Gasteiger partial charge in [-0.1, -0.05) is 42.5 Å². The minimum atomic E-state index is -0.331. The molecule has 196 valence electrons. The normalized spacial score (nSPS) is 15.2. The second-order valence-corrected chi connectivity index (χ2v) is 9.62. The van der Waals surface area contributed by atoms with Gasteiger partial charge >= 0.3 is 0 Å². The van der Waals surface area contributed by atoms with Gasteiger partial charge in [0.05, 0.1) is 29.7 Å². The maximum atomic E-state index is 12.5. The number of carbonyl (C=O) groups excluding carboxylic acids is 1.